The molecule has 37 heavy (non-hydrogen) atoms. The molecule has 6 nitrogen and oxygen atoms in total. The van der Waals surface area contributed by atoms with Gasteiger partial charge < -0.3 is 14.6 Å². The number of methoxy groups -OCH3 is 2. The molecule has 5 rings (SSSR count). The van der Waals surface area contributed by atoms with Gasteiger partial charge in [0.2, 0.25) is 0 Å². The zero-order valence-electron chi connectivity index (χ0n) is 20.6. The van der Waals surface area contributed by atoms with Gasteiger partial charge in [0.1, 0.15) is 23.1 Å². The van der Waals surface area contributed by atoms with Crippen molar-refractivity contribution < 1.29 is 19.4 Å². The number of carbonyl (C=O) groups excluding carboxylic acids is 1. The number of Topliss-reactive ketones (excluding diaryl/α,β-unsaturated/α-hetero) is 1. The Morgan fingerprint density at radius 2 is 1.78 bits per heavy atom. The molecule has 3 aromatic carbocycles. The second-order valence-corrected chi connectivity index (χ2v) is 9.41. The Bertz CT molecular complexity index is 1440. The van der Waals surface area contributed by atoms with Crippen molar-refractivity contribution in [2.45, 2.75) is 25.2 Å². The SMILES string of the molecule is COc1ccc(OC)c(C2C3=C(CCCC3=O)N(c3cccc(Cl)c3)C(=N)/C2=C(/O)c2ccccc2)c1. The fourth-order valence-corrected chi connectivity index (χ4v) is 5.40. The first-order valence-corrected chi connectivity index (χ1v) is 12.4. The highest BCUT2D eigenvalue weighted by Crippen LogP contribution is 2.50. The van der Waals surface area contributed by atoms with Crippen LogP contribution in [0.15, 0.2) is 89.6 Å². The first-order chi connectivity index (χ1) is 17.9. The molecule has 188 valence electrons. The van der Waals surface area contributed by atoms with Crippen molar-refractivity contribution in [2.75, 3.05) is 19.1 Å². The number of amidine groups is 1. The van der Waals surface area contributed by atoms with Crippen molar-refractivity contribution in [2.24, 2.45) is 0 Å². The number of aliphatic hydroxyl groups is 1. The van der Waals surface area contributed by atoms with Gasteiger partial charge >= 0.3 is 0 Å². The summed E-state index contributed by atoms with van der Waals surface area (Å²) in [6, 6.07) is 21.7. The minimum Gasteiger partial charge on any atom is -0.507 e. The van der Waals surface area contributed by atoms with Gasteiger partial charge in [0.05, 0.1) is 20.1 Å². The predicted octanol–water partition coefficient (Wildman–Crippen LogP) is 6.91. The van der Waals surface area contributed by atoms with E-state index in [-0.39, 0.29) is 17.4 Å². The van der Waals surface area contributed by atoms with Crippen LogP contribution in [0.5, 0.6) is 11.5 Å². The number of halogens is 1. The van der Waals surface area contributed by atoms with Crippen molar-refractivity contribution in [1.29, 1.82) is 5.41 Å². The van der Waals surface area contributed by atoms with Crippen LogP contribution in [0.3, 0.4) is 0 Å². The fraction of sp³-hybridized carbons (Fsp3) is 0.200. The maximum absolute atomic E-state index is 13.7. The van der Waals surface area contributed by atoms with E-state index in [0.29, 0.717) is 63.7 Å². The van der Waals surface area contributed by atoms with Crippen LogP contribution < -0.4 is 14.4 Å². The largest absolute Gasteiger partial charge is 0.507 e. The summed E-state index contributed by atoms with van der Waals surface area (Å²) in [6.45, 7) is 0. The molecule has 0 fully saturated rings. The van der Waals surface area contributed by atoms with Crippen molar-refractivity contribution in [3.63, 3.8) is 0 Å². The third-order valence-electron chi connectivity index (χ3n) is 6.87. The average Bonchev–Trinajstić information content (AvgIpc) is 2.92. The monoisotopic (exact) mass is 514 g/mol. The minimum atomic E-state index is -0.726. The first-order valence-electron chi connectivity index (χ1n) is 12.1. The Labute approximate surface area is 220 Å². The highest BCUT2D eigenvalue weighted by molar-refractivity contribution is 6.31. The number of carbonyl (C=O) groups is 1. The topological polar surface area (TPSA) is 82.9 Å². The van der Waals surface area contributed by atoms with Gasteiger partial charge in [0, 0.05) is 45.1 Å². The Morgan fingerprint density at radius 1 is 1.00 bits per heavy atom. The first kappa shape index (κ1) is 24.7. The van der Waals surface area contributed by atoms with E-state index in [2.05, 4.69) is 0 Å². The number of anilines is 1. The van der Waals surface area contributed by atoms with Crippen molar-refractivity contribution in [3.8, 4) is 11.5 Å². The van der Waals surface area contributed by atoms with Crippen LogP contribution in [0.2, 0.25) is 5.02 Å². The Morgan fingerprint density at radius 3 is 2.49 bits per heavy atom. The summed E-state index contributed by atoms with van der Waals surface area (Å²) in [5.74, 6) is 0.385. The van der Waals surface area contributed by atoms with E-state index in [1.165, 1.54) is 0 Å². The summed E-state index contributed by atoms with van der Waals surface area (Å²) >= 11 is 6.34. The number of hydrogen-bond acceptors (Lipinski definition) is 5. The molecule has 0 saturated heterocycles. The second kappa shape index (κ2) is 10.1. The lowest BCUT2D eigenvalue weighted by molar-refractivity contribution is -0.116. The molecule has 3 aromatic rings. The molecule has 2 N–H and O–H groups in total. The molecule has 0 spiro atoms. The fourth-order valence-electron chi connectivity index (χ4n) is 5.22. The number of hydrogen-bond donors (Lipinski definition) is 2. The molecular formula is C30H27ClN2O4. The summed E-state index contributed by atoms with van der Waals surface area (Å²) in [6.07, 6.45) is 1.67. The van der Waals surface area contributed by atoms with Crippen LogP contribution in [-0.2, 0) is 4.79 Å². The second-order valence-electron chi connectivity index (χ2n) is 8.97. The van der Waals surface area contributed by atoms with Gasteiger partial charge in [0.25, 0.3) is 0 Å². The predicted molar refractivity (Wildman–Crippen MR) is 146 cm³/mol. The number of ether oxygens (including phenoxy) is 2. The molecule has 2 aliphatic rings. The average molecular weight is 515 g/mol. The van der Waals surface area contributed by atoms with Crippen molar-refractivity contribution in [1.82, 2.24) is 0 Å². The van der Waals surface area contributed by atoms with Crippen LogP contribution in [0, 0.1) is 5.41 Å². The zero-order chi connectivity index (χ0) is 26.1. The van der Waals surface area contributed by atoms with Gasteiger partial charge in [0.15, 0.2) is 5.78 Å². The van der Waals surface area contributed by atoms with Gasteiger partial charge in [-0.3, -0.25) is 15.1 Å². The lowest BCUT2D eigenvalue weighted by Gasteiger charge is -2.42. The molecule has 0 amide bonds. The maximum atomic E-state index is 13.7. The standard InChI is InChI=1S/C30H27ClN2O4/c1-36-21-14-15-25(37-2)22(17-21)26-27-23(12-7-13-24(27)34)33(20-11-6-10-19(31)16-20)30(32)28(26)29(35)18-8-4-3-5-9-18/h3-6,8-11,14-17,26,32,35H,7,12-13H2,1-2H3/b29-28+,32-30?. The number of rotatable bonds is 5. The van der Waals surface area contributed by atoms with Crippen LogP contribution in [-0.4, -0.2) is 30.9 Å². The Hall–Kier alpha value is -4.03. The molecule has 0 bridgehead atoms. The van der Waals surface area contributed by atoms with Gasteiger partial charge in [-0.05, 0) is 49.2 Å². The number of nitrogens with zero attached hydrogens (tertiary/aromatic N) is 1. The molecule has 1 unspecified atom stereocenters. The number of ketones is 1. The molecule has 0 aromatic heterocycles. The van der Waals surface area contributed by atoms with E-state index in [0.717, 1.165) is 5.70 Å². The molecule has 1 atom stereocenters. The summed E-state index contributed by atoms with van der Waals surface area (Å²) in [7, 11) is 3.14. The molecule has 0 saturated carbocycles. The Balaban J connectivity index is 1.88. The molecule has 0 radical (unpaired) electrons. The summed E-state index contributed by atoms with van der Waals surface area (Å²) in [4.78, 5) is 15.4. The number of aliphatic hydroxyl groups excluding tert-OH is 1. The van der Waals surface area contributed by atoms with Crippen LogP contribution in [0.1, 0.15) is 36.3 Å². The van der Waals surface area contributed by atoms with E-state index in [1.54, 1.807) is 55.5 Å². The van der Waals surface area contributed by atoms with Crippen LogP contribution >= 0.6 is 11.6 Å². The van der Waals surface area contributed by atoms with Gasteiger partial charge in [-0.2, -0.15) is 0 Å². The van der Waals surface area contributed by atoms with E-state index in [9.17, 15) is 15.3 Å². The zero-order valence-corrected chi connectivity index (χ0v) is 21.4. The minimum absolute atomic E-state index is 0.0194. The van der Waals surface area contributed by atoms with Gasteiger partial charge in [-0.15, -0.1) is 0 Å². The Kier molecular flexibility index (Phi) is 6.76. The lowest BCUT2D eigenvalue weighted by atomic mass is 9.73. The molecule has 1 heterocycles. The van der Waals surface area contributed by atoms with Gasteiger partial charge in [-0.25, -0.2) is 0 Å². The van der Waals surface area contributed by atoms with Crippen LogP contribution in [0.25, 0.3) is 5.76 Å². The third kappa shape index (κ3) is 4.38. The van der Waals surface area contributed by atoms with Crippen molar-refractivity contribution >= 4 is 34.7 Å². The third-order valence-corrected chi connectivity index (χ3v) is 7.11. The highest BCUT2D eigenvalue weighted by atomic mass is 35.5. The smallest absolute Gasteiger partial charge is 0.161 e. The van der Waals surface area contributed by atoms with E-state index >= 15 is 0 Å². The quantitative estimate of drug-likeness (QED) is 0.361. The molecular weight excluding hydrogens is 488 g/mol. The molecule has 1 aliphatic carbocycles. The van der Waals surface area contributed by atoms with Crippen LogP contribution in [0.4, 0.5) is 5.69 Å². The summed E-state index contributed by atoms with van der Waals surface area (Å²) < 4.78 is 11.2. The summed E-state index contributed by atoms with van der Waals surface area (Å²) in [5, 5.41) is 21.7. The van der Waals surface area contributed by atoms with Gasteiger partial charge in [-0.1, -0.05) is 48.0 Å². The molecule has 7 heteroatoms. The summed E-state index contributed by atoms with van der Waals surface area (Å²) in [5.41, 5.74) is 3.46. The number of nitrogens with one attached hydrogen (secondary N) is 1. The number of allylic oxidation sites excluding steroid dienone is 2. The normalized spacial score (nSPS) is 19.0. The van der Waals surface area contributed by atoms with E-state index in [4.69, 9.17) is 21.1 Å². The molecule has 1 aliphatic heterocycles. The lowest BCUT2D eigenvalue weighted by Crippen LogP contribution is -2.42. The van der Waals surface area contributed by atoms with E-state index in [1.807, 2.05) is 36.4 Å². The maximum Gasteiger partial charge on any atom is 0.161 e. The highest BCUT2D eigenvalue weighted by Gasteiger charge is 2.44. The number of benzene rings is 3. The van der Waals surface area contributed by atoms with E-state index < -0.39 is 5.92 Å². The van der Waals surface area contributed by atoms with Crippen molar-refractivity contribution in [3.05, 3.63) is 106 Å².